The Morgan fingerprint density at radius 1 is 1.04 bits per heavy atom. The van der Waals surface area contributed by atoms with Crippen molar-refractivity contribution in [1.82, 2.24) is 0 Å². The monoisotopic (exact) mass is 318 g/mol. The first-order chi connectivity index (χ1) is 10.5. The minimum Gasteiger partial charge on any atom is -0.426 e. The van der Waals surface area contributed by atoms with Gasteiger partial charge >= 0.3 is 5.97 Å². The highest BCUT2D eigenvalue weighted by atomic mass is 16.5. The van der Waals surface area contributed by atoms with E-state index in [1.807, 2.05) is 61.5 Å². The lowest BCUT2D eigenvalue weighted by Crippen LogP contribution is -2.27. The molecule has 0 heterocycles. The highest BCUT2D eigenvalue weighted by Crippen LogP contribution is 2.38. The van der Waals surface area contributed by atoms with Crippen LogP contribution in [0.25, 0.3) is 0 Å². The summed E-state index contributed by atoms with van der Waals surface area (Å²) < 4.78 is 5.65. The Kier molecular flexibility index (Phi) is 6.15. The van der Waals surface area contributed by atoms with Gasteiger partial charge in [-0.3, -0.25) is 9.59 Å². The molecule has 0 radical (unpaired) electrons. The van der Waals surface area contributed by atoms with E-state index in [4.69, 9.17) is 4.74 Å². The normalized spacial score (nSPS) is 11.9. The van der Waals surface area contributed by atoms with E-state index < -0.39 is 0 Å². The van der Waals surface area contributed by atoms with Gasteiger partial charge in [0.15, 0.2) is 0 Å². The van der Waals surface area contributed by atoms with Crippen molar-refractivity contribution in [1.29, 1.82) is 0 Å². The molecule has 0 saturated carbocycles. The van der Waals surface area contributed by atoms with Crippen molar-refractivity contribution in [3.8, 4) is 5.75 Å². The molecule has 0 spiro atoms. The molecule has 1 aromatic carbocycles. The molecule has 0 unspecified atom stereocenters. The summed E-state index contributed by atoms with van der Waals surface area (Å²) in [6.07, 6.45) is 0.431. The maximum atomic E-state index is 12.2. The van der Waals surface area contributed by atoms with Crippen molar-refractivity contribution in [2.24, 2.45) is 11.8 Å². The number of aryl methyl sites for hydroxylation is 2. The first kappa shape index (κ1) is 19.4. The summed E-state index contributed by atoms with van der Waals surface area (Å²) in [5.74, 6) is 0.367. The van der Waals surface area contributed by atoms with Gasteiger partial charge in [-0.25, -0.2) is 0 Å². The van der Waals surface area contributed by atoms with E-state index in [0.29, 0.717) is 12.2 Å². The average Bonchev–Trinajstić information content (AvgIpc) is 2.36. The standard InChI is InChI=1S/C20H30O3/c1-12(2)16(21)11-20(7,8)18-15(6)9-14(5)10-17(18)23-19(22)13(3)4/h9-10,12-13H,11H2,1-8H3. The summed E-state index contributed by atoms with van der Waals surface area (Å²) in [7, 11) is 0. The van der Waals surface area contributed by atoms with Crippen LogP contribution >= 0.6 is 0 Å². The van der Waals surface area contributed by atoms with Gasteiger partial charge in [-0.15, -0.1) is 0 Å². The summed E-state index contributed by atoms with van der Waals surface area (Å²) in [4.78, 5) is 24.3. The molecule has 0 fully saturated rings. The molecule has 0 amide bonds. The van der Waals surface area contributed by atoms with Crippen molar-refractivity contribution in [3.05, 3.63) is 28.8 Å². The van der Waals surface area contributed by atoms with Gasteiger partial charge in [0.2, 0.25) is 0 Å². The molecule has 3 heteroatoms. The Balaban J connectivity index is 3.32. The molecule has 0 atom stereocenters. The molecule has 0 aliphatic carbocycles. The highest BCUT2D eigenvalue weighted by Gasteiger charge is 2.31. The van der Waals surface area contributed by atoms with Crippen LogP contribution in [0.15, 0.2) is 12.1 Å². The smallest absolute Gasteiger partial charge is 0.313 e. The zero-order chi connectivity index (χ0) is 17.9. The molecule has 0 N–H and O–H groups in total. The highest BCUT2D eigenvalue weighted by molar-refractivity contribution is 5.82. The van der Waals surface area contributed by atoms with Crippen LogP contribution in [0.1, 0.15) is 64.7 Å². The number of hydrogen-bond acceptors (Lipinski definition) is 3. The van der Waals surface area contributed by atoms with E-state index in [2.05, 4.69) is 6.07 Å². The maximum absolute atomic E-state index is 12.2. The van der Waals surface area contributed by atoms with Crippen LogP contribution in [0.2, 0.25) is 0 Å². The quantitative estimate of drug-likeness (QED) is 0.561. The third-order valence-electron chi connectivity index (χ3n) is 4.06. The lowest BCUT2D eigenvalue weighted by molar-refractivity contribution is -0.137. The number of Topliss-reactive ketones (excluding diaryl/α,β-unsaturated/α-hetero) is 1. The van der Waals surface area contributed by atoms with Crippen LogP contribution in [-0.4, -0.2) is 11.8 Å². The third kappa shape index (κ3) is 4.92. The number of esters is 1. The van der Waals surface area contributed by atoms with E-state index in [1.165, 1.54) is 0 Å². The fraction of sp³-hybridized carbons (Fsp3) is 0.600. The number of hydrogen-bond donors (Lipinski definition) is 0. The number of carbonyl (C=O) groups is 2. The van der Waals surface area contributed by atoms with E-state index in [-0.39, 0.29) is 29.0 Å². The van der Waals surface area contributed by atoms with Gasteiger partial charge in [0, 0.05) is 23.3 Å². The SMILES string of the molecule is Cc1cc(C)c(C(C)(C)CC(=O)C(C)C)c(OC(=O)C(C)C)c1. The predicted octanol–water partition coefficient (Wildman–Crippen LogP) is 4.76. The van der Waals surface area contributed by atoms with Gasteiger partial charge in [0.1, 0.15) is 11.5 Å². The van der Waals surface area contributed by atoms with Gasteiger partial charge < -0.3 is 4.74 Å². The fourth-order valence-electron chi connectivity index (χ4n) is 2.83. The second-order valence-corrected chi connectivity index (χ2v) is 7.71. The van der Waals surface area contributed by atoms with E-state index >= 15 is 0 Å². The van der Waals surface area contributed by atoms with E-state index in [0.717, 1.165) is 16.7 Å². The molecule has 23 heavy (non-hydrogen) atoms. The largest absolute Gasteiger partial charge is 0.426 e. The summed E-state index contributed by atoms with van der Waals surface area (Å²) in [6, 6.07) is 3.97. The van der Waals surface area contributed by atoms with Crippen LogP contribution in [-0.2, 0) is 15.0 Å². The summed E-state index contributed by atoms with van der Waals surface area (Å²) in [5, 5.41) is 0. The molecular weight excluding hydrogens is 288 g/mol. The van der Waals surface area contributed by atoms with Crippen molar-refractivity contribution < 1.29 is 14.3 Å². The zero-order valence-corrected chi connectivity index (χ0v) is 15.7. The van der Waals surface area contributed by atoms with Crippen LogP contribution in [0, 0.1) is 25.7 Å². The average molecular weight is 318 g/mol. The molecule has 1 aromatic rings. The molecule has 0 bridgehead atoms. The summed E-state index contributed by atoms with van der Waals surface area (Å²) in [6.45, 7) is 15.5. The number of ether oxygens (including phenoxy) is 1. The molecular formula is C20H30O3. The number of benzene rings is 1. The van der Waals surface area contributed by atoms with Crippen LogP contribution < -0.4 is 4.74 Å². The first-order valence-corrected chi connectivity index (χ1v) is 8.32. The Morgan fingerprint density at radius 3 is 2.09 bits per heavy atom. The minimum atomic E-state index is -0.383. The second-order valence-electron chi connectivity index (χ2n) is 7.71. The Hall–Kier alpha value is -1.64. The predicted molar refractivity (Wildman–Crippen MR) is 93.9 cm³/mol. The molecule has 3 nitrogen and oxygen atoms in total. The lowest BCUT2D eigenvalue weighted by Gasteiger charge is -2.29. The third-order valence-corrected chi connectivity index (χ3v) is 4.06. The Morgan fingerprint density at radius 2 is 1.61 bits per heavy atom. The maximum Gasteiger partial charge on any atom is 0.313 e. The van der Waals surface area contributed by atoms with Crippen molar-refractivity contribution in [2.45, 2.75) is 67.2 Å². The van der Waals surface area contributed by atoms with E-state index in [1.54, 1.807) is 0 Å². The molecule has 0 aromatic heterocycles. The zero-order valence-electron chi connectivity index (χ0n) is 15.7. The fourth-order valence-corrected chi connectivity index (χ4v) is 2.83. The molecule has 128 valence electrons. The van der Waals surface area contributed by atoms with Crippen molar-refractivity contribution >= 4 is 11.8 Å². The molecule has 0 saturated heterocycles. The van der Waals surface area contributed by atoms with Crippen molar-refractivity contribution in [2.75, 3.05) is 0 Å². The molecule has 0 aliphatic rings. The van der Waals surface area contributed by atoms with Gasteiger partial charge in [0.25, 0.3) is 0 Å². The number of rotatable bonds is 6. The first-order valence-electron chi connectivity index (χ1n) is 8.32. The van der Waals surface area contributed by atoms with E-state index in [9.17, 15) is 9.59 Å². The Labute approximate surface area is 140 Å². The topological polar surface area (TPSA) is 43.4 Å². The minimum absolute atomic E-state index is 0.00157. The summed E-state index contributed by atoms with van der Waals surface area (Å²) in [5.41, 5.74) is 2.67. The van der Waals surface area contributed by atoms with Gasteiger partial charge in [0.05, 0.1) is 5.92 Å². The molecule has 0 aliphatic heterocycles. The van der Waals surface area contributed by atoms with Gasteiger partial charge in [-0.2, -0.15) is 0 Å². The van der Waals surface area contributed by atoms with Crippen molar-refractivity contribution in [3.63, 3.8) is 0 Å². The molecule has 1 rings (SSSR count). The number of carbonyl (C=O) groups excluding carboxylic acids is 2. The van der Waals surface area contributed by atoms with Crippen LogP contribution in [0.5, 0.6) is 5.75 Å². The number of ketones is 1. The van der Waals surface area contributed by atoms with Crippen LogP contribution in [0.4, 0.5) is 0 Å². The van der Waals surface area contributed by atoms with Crippen LogP contribution in [0.3, 0.4) is 0 Å². The summed E-state index contributed by atoms with van der Waals surface area (Å²) >= 11 is 0. The Bertz CT molecular complexity index is 595. The lowest BCUT2D eigenvalue weighted by atomic mass is 9.76. The van der Waals surface area contributed by atoms with Gasteiger partial charge in [-0.1, -0.05) is 47.6 Å². The van der Waals surface area contributed by atoms with Gasteiger partial charge in [-0.05, 0) is 31.0 Å². The second kappa shape index (κ2) is 7.29.